The Labute approximate surface area is 147 Å². The monoisotopic (exact) mass is 354 g/mol. The molecule has 25 heavy (non-hydrogen) atoms. The lowest BCUT2D eigenvalue weighted by Crippen LogP contribution is -2.29. The van der Waals surface area contributed by atoms with E-state index in [1.807, 2.05) is 43.3 Å². The third-order valence-corrected chi connectivity index (χ3v) is 6.46. The molecule has 0 saturated heterocycles. The van der Waals surface area contributed by atoms with Crippen molar-refractivity contribution >= 4 is 15.7 Å². The van der Waals surface area contributed by atoms with Gasteiger partial charge in [0.15, 0.2) is 11.7 Å². The molecule has 0 saturated carbocycles. The summed E-state index contributed by atoms with van der Waals surface area (Å²) in [5.41, 5.74) is 3.25. The topological polar surface area (TPSA) is 63.4 Å². The first-order chi connectivity index (χ1) is 12.0. The quantitative estimate of drug-likeness (QED) is 0.719. The summed E-state index contributed by atoms with van der Waals surface area (Å²) in [5, 5.41) is 0. The van der Waals surface area contributed by atoms with Gasteiger partial charge >= 0.3 is 0 Å². The SMILES string of the molecule is Cc1ncc(-c2ccc(C)c(S(=O)(=O)N3CCc4ccccc43)c2)o1. The van der Waals surface area contributed by atoms with Crippen LogP contribution >= 0.6 is 0 Å². The third-order valence-electron chi connectivity index (χ3n) is 4.51. The number of anilines is 1. The summed E-state index contributed by atoms with van der Waals surface area (Å²) in [5.74, 6) is 1.12. The average Bonchev–Trinajstić information content (AvgIpc) is 3.21. The van der Waals surface area contributed by atoms with Crippen molar-refractivity contribution in [1.29, 1.82) is 0 Å². The van der Waals surface area contributed by atoms with E-state index in [4.69, 9.17) is 4.42 Å². The Bertz CT molecular complexity index is 1050. The van der Waals surface area contributed by atoms with Crippen LogP contribution in [0.15, 0.2) is 58.0 Å². The maximum Gasteiger partial charge on any atom is 0.264 e. The zero-order valence-electron chi connectivity index (χ0n) is 14.1. The first-order valence-electron chi connectivity index (χ1n) is 8.11. The van der Waals surface area contributed by atoms with Gasteiger partial charge in [-0.25, -0.2) is 13.4 Å². The Balaban J connectivity index is 1.81. The third kappa shape index (κ3) is 2.62. The van der Waals surface area contributed by atoms with Crippen molar-refractivity contribution in [3.05, 3.63) is 65.7 Å². The minimum atomic E-state index is -3.64. The smallest absolute Gasteiger partial charge is 0.264 e. The highest BCUT2D eigenvalue weighted by atomic mass is 32.2. The summed E-state index contributed by atoms with van der Waals surface area (Å²) in [6.07, 6.45) is 2.34. The number of fused-ring (bicyclic) bond motifs is 1. The molecule has 128 valence electrons. The summed E-state index contributed by atoms with van der Waals surface area (Å²) < 4.78 is 33.6. The van der Waals surface area contributed by atoms with Gasteiger partial charge in [0.1, 0.15) is 0 Å². The normalized spacial score (nSPS) is 13.9. The fourth-order valence-corrected chi connectivity index (χ4v) is 4.96. The van der Waals surface area contributed by atoms with Crippen LogP contribution in [0.25, 0.3) is 11.3 Å². The predicted octanol–water partition coefficient (Wildman–Crippen LogP) is 3.71. The lowest BCUT2D eigenvalue weighted by molar-refractivity contribution is 0.534. The summed E-state index contributed by atoms with van der Waals surface area (Å²) >= 11 is 0. The van der Waals surface area contributed by atoms with Gasteiger partial charge in [-0.3, -0.25) is 4.31 Å². The van der Waals surface area contributed by atoms with E-state index in [9.17, 15) is 8.42 Å². The molecular weight excluding hydrogens is 336 g/mol. The molecule has 2 aromatic carbocycles. The lowest BCUT2D eigenvalue weighted by Gasteiger charge is -2.21. The number of aryl methyl sites for hydroxylation is 2. The number of sulfonamides is 1. The van der Waals surface area contributed by atoms with Crippen LogP contribution < -0.4 is 4.31 Å². The van der Waals surface area contributed by atoms with E-state index in [0.29, 0.717) is 34.2 Å². The highest BCUT2D eigenvalue weighted by Crippen LogP contribution is 2.35. The molecule has 0 aliphatic carbocycles. The zero-order chi connectivity index (χ0) is 17.6. The van der Waals surface area contributed by atoms with Gasteiger partial charge < -0.3 is 4.42 Å². The second kappa shape index (κ2) is 5.74. The van der Waals surface area contributed by atoms with E-state index in [1.165, 1.54) is 4.31 Å². The number of hydrogen-bond acceptors (Lipinski definition) is 4. The van der Waals surface area contributed by atoms with Crippen molar-refractivity contribution in [2.45, 2.75) is 25.2 Å². The fourth-order valence-electron chi connectivity index (χ4n) is 3.20. The minimum Gasteiger partial charge on any atom is -0.441 e. The van der Waals surface area contributed by atoms with E-state index in [1.54, 1.807) is 19.2 Å². The Hall–Kier alpha value is -2.60. The van der Waals surface area contributed by atoms with Crippen LogP contribution in [0.3, 0.4) is 0 Å². The van der Waals surface area contributed by atoms with Crippen molar-refractivity contribution in [2.75, 3.05) is 10.8 Å². The second-order valence-electron chi connectivity index (χ2n) is 6.18. The summed E-state index contributed by atoms with van der Waals surface area (Å²) in [6, 6.07) is 13.0. The van der Waals surface area contributed by atoms with Crippen LogP contribution in [-0.4, -0.2) is 19.9 Å². The van der Waals surface area contributed by atoms with E-state index in [2.05, 4.69) is 4.98 Å². The number of hydrogen-bond donors (Lipinski definition) is 0. The molecule has 1 aliphatic rings. The van der Waals surface area contributed by atoms with Gasteiger partial charge in [0.05, 0.1) is 16.8 Å². The lowest BCUT2D eigenvalue weighted by atomic mass is 10.1. The van der Waals surface area contributed by atoms with E-state index in [-0.39, 0.29) is 0 Å². The molecular formula is C19H18N2O3S. The van der Waals surface area contributed by atoms with Crippen LogP contribution in [0.1, 0.15) is 17.0 Å². The molecule has 2 heterocycles. The van der Waals surface area contributed by atoms with Gasteiger partial charge in [0.2, 0.25) is 0 Å². The molecule has 0 N–H and O–H groups in total. The Kier molecular flexibility index (Phi) is 3.65. The van der Waals surface area contributed by atoms with Crippen LogP contribution in [-0.2, 0) is 16.4 Å². The van der Waals surface area contributed by atoms with Crippen molar-refractivity contribution in [2.24, 2.45) is 0 Å². The number of nitrogens with zero attached hydrogens (tertiary/aromatic N) is 2. The van der Waals surface area contributed by atoms with E-state index < -0.39 is 10.0 Å². The van der Waals surface area contributed by atoms with Gasteiger partial charge in [-0.05, 0) is 36.6 Å². The first-order valence-corrected chi connectivity index (χ1v) is 9.55. The first kappa shape index (κ1) is 15.9. The van der Waals surface area contributed by atoms with Gasteiger partial charge in [-0.2, -0.15) is 0 Å². The van der Waals surface area contributed by atoms with Gasteiger partial charge in [0.25, 0.3) is 10.0 Å². The number of benzene rings is 2. The van der Waals surface area contributed by atoms with Crippen molar-refractivity contribution in [3.63, 3.8) is 0 Å². The minimum absolute atomic E-state index is 0.302. The maximum atomic E-state index is 13.3. The number of oxazole rings is 1. The number of rotatable bonds is 3. The summed E-state index contributed by atoms with van der Waals surface area (Å²) in [6.45, 7) is 4.04. The van der Waals surface area contributed by atoms with Crippen molar-refractivity contribution in [3.8, 4) is 11.3 Å². The zero-order valence-corrected chi connectivity index (χ0v) is 14.9. The average molecular weight is 354 g/mol. The molecule has 0 fully saturated rings. The second-order valence-corrected chi connectivity index (χ2v) is 8.01. The molecule has 5 nitrogen and oxygen atoms in total. The molecule has 0 spiro atoms. The predicted molar refractivity (Wildman–Crippen MR) is 96.1 cm³/mol. The van der Waals surface area contributed by atoms with Gasteiger partial charge in [-0.1, -0.05) is 30.3 Å². The van der Waals surface area contributed by atoms with Crippen LogP contribution in [0.5, 0.6) is 0 Å². The summed E-state index contributed by atoms with van der Waals surface area (Å²) in [4.78, 5) is 4.39. The molecule has 1 aromatic heterocycles. The molecule has 0 unspecified atom stereocenters. The molecule has 0 atom stereocenters. The maximum absolute atomic E-state index is 13.3. The van der Waals surface area contributed by atoms with Crippen molar-refractivity contribution in [1.82, 2.24) is 4.98 Å². The highest BCUT2D eigenvalue weighted by molar-refractivity contribution is 7.93. The molecule has 3 aromatic rings. The summed E-state index contributed by atoms with van der Waals surface area (Å²) in [7, 11) is -3.64. The number of aromatic nitrogens is 1. The molecule has 6 heteroatoms. The van der Waals surface area contributed by atoms with E-state index >= 15 is 0 Å². The molecule has 4 rings (SSSR count). The Morgan fingerprint density at radius 2 is 1.92 bits per heavy atom. The van der Waals surface area contributed by atoms with Crippen LogP contribution in [0.4, 0.5) is 5.69 Å². The Morgan fingerprint density at radius 1 is 1.12 bits per heavy atom. The van der Waals surface area contributed by atoms with Crippen LogP contribution in [0, 0.1) is 13.8 Å². The Morgan fingerprint density at radius 3 is 2.68 bits per heavy atom. The molecule has 0 bridgehead atoms. The number of para-hydroxylation sites is 1. The van der Waals surface area contributed by atoms with Gasteiger partial charge in [0, 0.05) is 19.0 Å². The highest BCUT2D eigenvalue weighted by Gasteiger charge is 2.31. The van der Waals surface area contributed by atoms with Gasteiger partial charge in [-0.15, -0.1) is 0 Å². The largest absolute Gasteiger partial charge is 0.441 e. The van der Waals surface area contributed by atoms with Crippen molar-refractivity contribution < 1.29 is 12.8 Å². The van der Waals surface area contributed by atoms with Crippen LogP contribution in [0.2, 0.25) is 0 Å². The standard InChI is InChI=1S/C19H18N2O3S/c1-13-7-8-16(18-12-20-14(2)24-18)11-19(13)25(22,23)21-10-9-15-5-3-4-6-17(15)21/h3-8,11-12H,9-10H2,1-2H3. The fraction of sp³-hybridized carbons (Fsp3) is 0.211. The van der Waals surface area contributed by atoms with E-state index in [0.717, 1.165) is 17.7 Å². The molecule has 1 aliphatic heterocycles. The molecule has 0 radical (unpaired) electrons. The molecule has 0 amide bonds.